The van der Waals surface area contributed by atoms with Crippen LogP contribution in [0.3, 0.4) is 0 Å². The van der Waals surface area contributed by atoms with Crippen LogP contribution in [0.5, 0.6) is 5.75 Å². The van der Waals surface area contributed by atoms with Gasteiger partial charge in [-0.2, -0.15) is 5.26 Å². The average molecular weight is 378 g/mol. The van der Waals surface area contributed by atoms with Crippen molar-refractivity contribution < 1.29 is 24.1 Å². The monoisotopic (exact) mass is 376 g/mol. The predicted molar refractivity (Wildman–Crippen MR) is 74.7 cm³/mol. The van der Waals surface area contributed by atoms with Gasteiger partial charge in [0.05, 0.1) is 22.2 Å². The van der Waals surface area contributed by atoms with Crippen molar-refractivity contribution in [3.8, 4) is 17.1 Å². The first kappa shape index (κ1) is 15.6. The van der Waals surface area contributed by atoms with Crippen molar-refractivity contribution in [3.63, 3.8) is 0 Å². The molecule has 1 N–H and O–H groups in total. The molecule has 0 aliphatic heterocycles. The summed E-state index contributed by atoms with van der Waals surface area (Å²) < 4.78 is 19.3. The molecule has 0 spiro atoms. The van der Waals surface area contributed by atoms with Gasteiger partial charge in [-0.25, -0.2) is 19.2 Å². The molecule has 0 radical (unpaired) electrons. The molecular formula is C12H7BrClFN2O4. The van der Waals surface area contributed by atoms with E-state index in [0.29, 0.717) is 0 Å². The van der Waals surface area contributed by atoms with E-state index in [1.807, 2.05) is 0 Å². The second-order valence-electron chi connectivity index (χ2n) is 3.71. The highest BCUT2D eigenvalue weighted by Gasteiger charge is 2.20. The fourth-order valence-electron chi connectivity index (χ4n) is 1.58. The summed E-state index contributed by atoms with van der Waals surface area (Å²) in [5.74, 6) is -2.12. The standard InChI is InChI=1S/C12H7BrClFN2O4/c1-20-10-7(14)3-2-5(8(10)15)11-16-4-6(13)9(17-11)12(18)21-19/h2-4,19H,1H3. The third-order valence-corrected chi connectivity index (χ3v) is 3.39. The van der Waals surface area contributed by atoms with Crippen LogP contribution in [0.4, 0.5) is 4.39 Å². The number of carbonyl (C=O) groups excluding carboxylic acids is 1. The smallest absolute Gasteiger partial charge is 0.392 e. The lowest BCUT2D eigenvalue weighted by atomic mass is 10.1. The molecule has 0 bridgehead atoms. The molecule has 1 heterocycles. The normalized spacial score (nSPS) is 10.3. The van der Waals surface area contributed by atoms with Gasteiger partial charge in [-0.1, -0.05) is 11.6 Å². The number of aromatic nitrogens is 2. The summed E-state index contributed by atoms with van der Waals surface area (Å²) >= 11 is 8.82. The first-order valence-corrected chi connectivity index (χ1v) is 6.57. The van der Waals surface area contributed by atoms with Crippen LogP contribution < -0.4 is 4.74 Å². The first-order chi connectivity index (χ1) is 9.99. The van der Waals surface area contributed by atoms with Gasteiger partial charge in [-0.3, -0.25) is 4.89 Å². The summed E-state index contributed by atoms with van der Waals surface area (Å²) in [4.78, 5) is 22.7. The van der Waals surface area contributed by atoms with Crippen molar-refractivity contribution in [2.45, 2.75) is 0 Å². The summed E-state index contributed by atoms with van der Waals surface area (Å²) in [5.41, 5.74) is -0.272. The van der Waals surface area contributed by atoms with Gasteiger partial charge < -0.3 is 4.74 Å². The molecule has 2 aromatic rings. The third kappa shape index (κ3) is 2.97. The van der Waals surface area contributed by atoms with Crippen LogP contribution in [0, 0.1) is 5.82 Å². The summed E-state index contributed by atoms with van der Waals surface area (Å²) in [6, 6.07) is 2.76. The van der Waals surface area contributed by atoms with E-state index in [-0.39, 0.29) is 32.3 Å². The van der Waals surface area contributed by atoms with Crippen molar-refractivity contribution in [2.75, 3.05) is 7.11 Å². The van der Waals surface area contributed by atoms with Crippen molar-refractivity contribution in [1.29, 1.82) is 0 Å². The lowest BCUT2D eigenvalue weighted by Crippen LogP contribution is -2.08. The molecule has 0 aliphatic rings. The fraction of sp³-hybridized carbons (Fsp3) is 0.0833. The average Bonchev–Trinajstić information content (AvgIpc) is 2.48. The van der Waals surface area contributed by atoms with Gasteiger partial charge in [0.1, 0.15) is 0 Å². The van der Waals surface area contributed by atoms with Crippen LogP contribution in [-0.2, 0) is 4.89 Å². The summed E-state index contributed by atoms with van der Waals surface area (Å²) in [7, 11) is 1.27. The van der Waals surface area contributed by atoms with E-state index in [1.165, 1.54) is 25.4 Å². The number of nitrogens with zero attached hydrogens (tertiary/aromatic N) is 2. The number of methoxy groups -OCH3 is 1. The van der Waals surface area contributed by atoms with Gasteiger partial charge in [-0.05, 0) is 28.1 Å². The zero-order valence-corrected chi connectivity index (χ0v) is 12.8. The van der Waals surface area contributed by atoms with Crippen molar-refractivity contribution in [1.82, 2.24) is 9.97 Å². The van der Waals surface area contributed by atoms with Crippen molar-refractivity contribution >= 4 is 33.5 Å². The maximum atomic E-state index is 14.3. The van der Waals surface area contributed by atoms with Crippen molar-refractivity contribution in [3.05, 3.63) is 39.3 Å². The number of ether oxygens (including phenoxy) is 1. The second-order valence-corrected chi connectivity index (χ2v) is 4.97. The van der Waals surface area contributed by atoms with Crippen LogP contribution in [0.15, 0.2) is 22.8 Å². The van der Waals surface area contributed by atoms with Gasteiger partial charge in [0.2, 0.25) is 0 Å². The Morgan fingerprint density at radius 2 is 2.19 bits per heavy atom. The molecule has 0 amide bonds. The molecule has 0 unspecified atom stereocenters. The third-order valence-electron chi connectivity index (χ3n) is 2.51. The number of hydrogen-bond donors (Lipinski definition) is 1. The van der Waals surface area contributed by atoms with Crippen LogP contribution >= 0.6 is 27.5 Å². The van der Waals surface area contributed by atoms with E-state index < -0.39 is 11.8 Å². The predicted octanol–water partition coefficient (Wildman–Crippen LogP) is 3.34. The zero-order chi connectivity index (χ0) is 15.6. The van der Waals surface area contributed by atoms with E-state index in [2.05, 4.69) is 30.8 Å². The minimum Gasteiger partial charge on any atom is -0.492 e. The first-order valence-electron chi connectivity index (χ1n) is 5.40. The van der Waals surface area contributed by atoms with E-state index in [1.54, 1.807) is 0 Å². The Morgan fingerprint density at radius 3 is 2.81 bits per heavy atom. The fourth-order valence-corrected chi connectivity index (χ4v) is 2.15. The Morgan fingerprint density at radius 1 is 1.48 bits per heavy atom. The van der Waals surface area contributed by atoms with E-state index in [4.69, 9.17) is 21.6 Å². The van der Waals surface area contributed by atoms with Crippen LogP contribution in [0.1, 0.15) is 10.5 Å². The molecular weight excluding hydrogens is 370 g/mol. The number of hydrogen-bond acceptors (Lipinski definition) is 6. The Balaban J connectivity index is 2.60. The van der Waals surface area contributed by atoms with Crippen LogP contribution in [0.25, 0.3) is 11.4 Å². The SMILES string of the molecule is COc1c(Cl)ccc(-c2ncc(Br)c(C(=O)OO)n2)c1F. The minimum absolute atomic E-state index is 0.0178. The number of rotatable bonds is 3. The Bertz CT molecular complexity index is 714. The summed E-state index contributed by atoms with van der Waals surface area (Å²) in [5, 5.41) is 8.49. The number of benzene rings is 1. The van der Waals surface area contributed by atoms with Crippen molar-refractivity contribution in [2.24, 2.45) is 0 Å². The Kier molecular flexibility index (Phi) is 4.71. The molecule has 0 atom stereocenters. The van der Waals surface area contributed by atoms with Gasteiger partial charge in [0, 0.05) is 6.20 Å². The quantitative estimate of drug-likeness (QED) is 0.653. The molecule has 9 heteroatoms. The molecule has 0 aliphatic carbocycles. The maximum absolute atomic E-state index is 14.3. The van der Waals surface area contributed by atoms with E-state index in [9.17, 15) is 9.18 Å². The molecule has 2 rings (SSSR count). The lowest BCUT2D eigenvalue weighted by Gasteiger charge is -2.09. The summed E-state index contributed by atoms with van der Waals surface area (Å²) in [6.07, 6.45) is 1.23. The van der Waals surface area contributed by atoms with Crippen LogP contribution in [0.2, 0.25) is 5.02 Å². The topological polar surface area (TPSA) is 81.5 Å². The highest BCUT2D eigenvalue weighted by atomic mass is 79.9. The van der Waals surface area contributed by atoms with E-state index >= 15 is 0 Å². The van der Waals surface area contributed by atoms with Gasteiger partial charge >= 0.3 is 5.97 Å². The Hall–Kier alpha value is -1.77. The van der Waals surface area contributed by atoms with Gasteiger partial charge in [0.15, 0.2) is 23.1 Å². The lowest BCUT2D eigenvalue weighted by molar-refractivity contribution is -0.183. The zero-order valence-electron chi connectivity index (χ0n) is 10.4. The maximum Gasteiger partial charge on any atom is 0.392 e. The molecule has 0 saturated carbocycles. The Labute approximate surface area is 131 Å². The highest BCUT2D eigenvalue weighted by Crippen LogP contribution is 2.34. The number of carbonyl (C=O) groups is 1. The molecule has 6 nitrogen and oxygen atoms in total. The molecule has 1 aromatic heterocycles. The number of halogens is 3. The van der Waals surface area contributed by atoms with Crippen LogP contribution in [-0.4, -0.2) is 28.3 Å². The molecule has 21 heavy (non-hydrogen) atoms. The molecule has 1 aromatic carbocycles. The second kappa shape index (κ2) is 6.33. The molecule has 110 valence electrons. The molecule has 0 saturated heterocycles. The molecule has 0 fully saturated rings. The van der Waals surface area contributed by atoms with Gasteiger partial charge in [0.25, 0.3) is 0 Å². The summed E-state index contributed by atoms with van der Waals surface area (Å²) in [6.45, 7) is 0. The highest BCUT2D eigenvalue weighted by molar-refractivity contribution is 9.10. The largest absolute Gasteiger partial charge is 0.492 e. The van der Waals surface area contributed by atoms with E-state index in [0.717, 1.165) is 0 Å². The minimum atomic E-state index is -1.10. The van der Waals surface area contributed by atoms with Gasteiger partial charge in [-0.15, -0.1) is 0 Å².